The van der Waals surface area contributed by atoms with E-state index in [1.54, 1.807) is 12.1 Å². The van der Waals surface area contributed by atoms with Crippen molar-refractivity contribution in [1.82, 2.24) is 0 Å². The van der Waals surface area contributed by atoms with E-state index in [9.17, 15) is 4.79 Å². The van der Waals surface area contributed by atoms with E-state index in [0.717, 1.165) is 12.2 Å². The second kappa shape index (κ2) is 7.17. The van der Waals surface area contributed by atoms with Gasteiger partial charge in [0.2, 0.25) is 0 Å². The normalized spacial score (nSPS) is 12.5. The summed E-state index contributed by atoms with van der Waals surface area (Å²) in [5, 5.41) is 0. The van der Waals surface area contributed by atoms with Gasteiger partial charge in [-0.1, -0.05) is 20.8 Å². The quantitative estimate of drug-likeness (QED) is 0.756. The molecule has 2 N–H and O–H groups in total. The zero-order valence-corrected chi connectivity index (χ0v) is 11.5. The predicted molar refractivity (Wildman–Crippen MR) is 74.0 cm³/mol. The number of carbonyl (C=O) groups excluding carboxylic acids is 1. The fourth-order valence-corrected chi connectivity index (χ4v) is 1.52. The lowest BCUT2D eigenvalue weighted by Crippen LogP contribution is -2.29. The molecule has 0 bridgehead atoms. The van der Waals surface area contributed by atoms with Gasteiger partial charge in [-0.2, -0.15) is 0 Å². The monoisotopic (exact) mass is 249 g/mol. The van der Waals surface area contributed by atoms with Crippen molar-refractivity contribution in [1.29, 1.82) is 0 Å². The Balaban J connectivity index is 2.59. The maximum absolute atomic E-state index is 12.0. The molecule has 0 aromatic heterocycles. The first-order chi connectivity index (χ1) is 8.54. The number of hydrogen-bond donors (Lipinski definition) is 1. The average Bonchev–Trinajstić information content (AvgIpc) is 2.36. The van der Waals surface area contributed by atoms with Crippen molar-refractivity contribution < 1.29 is 9.53 Å². The number of Topliss-reactive ketones (excluding diaryl/α,β-unsaturated/α-hetero) is 1. The molecule has 18 heavy (non-hydrogen) atoms. The third kappa shape index (κ3) is 4.49. The molecule has 3 heteroatoms. The van der Waals surface area contributed by atoms with E-state index in [-0.39, 0.29) is 11.8 Å². The highest BCUT2D eigenvalue weighted by Crippen LogP contribution is 2.15. The topological polar surface area (TPSA) is 52.3 Å². The third-order valence-corrected chi connectivity index (χ3v) is 2.93. The Bertz CT molecular complexity index is 371. The Kier molecular flexibility index (Phi) is 5.86. The van der Waals surface area contributed by atoms with Gasteiger partial charge in [-0.15, -0.1) is 0 Å². The molecule has 0 heterocycles. The van der Waals surface area contributed by atoms with Crippen molar-refractivity contribution in [3.05, 3.63) is 29.8 Å². The maximum atomic E-state index is 12.0. The van der Waals surface area contributed by atoms with Gasteiger partial charge in [0.25, 0.3) is 0 Å². The average molecular weight is 249 g/mol. The number of rotatable bonds is 7. The highest BCUT2D eigenvalue weighted by atomic mass is 16.5. The summed E-state index contributed by atoms with van der Waals surface area (Å²) in [6.45, 7) is 6.82. The van der Waals surface area contributed by atoms with E-state index < -0.39 is 0 Å². The molecule has 0 aliphatic carbocycles. The van der Waals surface area contributed by atoms with Gasteiger partial charge in [0.1, 0.15) is 5.75 Å². The van der Waals surface area contributed by atoms with E-state index in [1.807, 2.05) is 26.0 Å². The minimum atomic E-state index is -0.0754. The fraction of sp³-hybridized carbons (Fsp3) is 0.533. The molecule has 0 saturated heterocycles. The van der Waals surface area contributed by atoms with Crippen molar-refractivity contribution in [2.45, 2.75) is 39.7 Å². The lowest BCUT2D eigenvalue weighted by atomic mass is 9.96. The standard InChI is InChI=1S/C15H23NO2/c1-4-9-18-13-7-5-12(6-8-13)15(17)10-14(16)11(2)3/h5-8,11,14H,4,9-10,16H2,1-3H3. The summed E-state index contributed by atoms with van der Waals surface area (Å²) in [5.74, 6) is 1.22. The van der Waals surface area contributed by atoms with Gasteiger partial charge < -0.3 is 10.5 Å². The molecule has 0 spiro atoms. The van der Waals surface area contributed by atoms with Gasteiger partial charge in [-0.05, 0) is 36.6 Å². The molecule has 1 aromatic carbocycles. The van der Waals surface area contributed by atoms with Crippen LogP contribution in [0.5, 0.6) is 5.75 Å². The van der Waals surface area contributed by atoms with Crippen LogP contribution >= 0.6 is 0 Å². The van der Waals surface area contributed by atoms with E-state index >= 15 is 0 Å². The highest BCUT2D eigenvalue weighted by molar-refractivity contribution is 5.96. The van der Waals surface area contributed by atoms with E-state index in [2.05, 4.69) is 6.92 Å². The Morgan fingerprint density at radius 2 is 1.89 bits per heavy atom. The molecule has 0 amide bonds. The van der Waals surface area contributed by atoms with Crippen LogP contribution in [0.25, 0.3) is 0 Å². The van der Waals surface area contributed by atoms with Crippen molar-refractivity contribution >= 4 is 5.78 Å². The summed E-state index contributed by atoms with van der Waals surface area (Å²) >= 11 is 0. The van der Waals surface area contributed by atoms with E-state index in [4.69, 9.17) is 10.5 Å². The van der Waals surface area contributed by atoms with Crippen LogP contribution in [0, 0.1) is 5.92 Å². The Morgan fingerprint density at radius 1 is 1.28 bits per heavy atom. The number of ether oxygens (including phenoxy) is 1. The molecule has 0 aliphatic heterocycles. The predicted octanol–water partition coefficient (Wildman–Crippen LogP) is 3.03. The summed E-state index contributed by atoms with van der Waals surface area (Å²) in [5.41, 5.74) is 6.61. The maximum Gasteiger partial charge on any atom is 0.164 e. The Morgan fingerprint density at radius 3 is 2.39 bits per heavy atom. The van der Waals surface area contributed by atoms with Gasteiger partial charge in [0.05, 0.1) is 6.61 Å². The number of ketones is 1. The van der Waals surface area contributed by atoms with Crippen LogP contribution in [0.1, 0.15) is 44.0 Å². The largest absolute Gasteiger partial charge is 0.494 e. The molecule has 0 radical (unpaired) electrons. The minimum absolute atomic E-state index is 0.0754. The van der Waals surface area contributed by atoms with Crippen LogP contribution in [-0.2, 0) is 0 Å². The van der Waals surface area contributed by atoms with Gasteiger partial charge in [-0.25, -0.2) is 0 Å². The zero-order chi connectivity index (χ0) is 13.5. The molecule has 1 rings (SSSR count). The number of carbonyl (C=O) groups is 1. The Labute approximate surface area is 109 Å². The van der Waals surface area contributed by atoms with Gasteiger partial charge >= 0.3 is 0 Å². The van der Waals surface area contributed by atoms with Crippen LogP contribution in [0.15, 0.2) is 24.3 Å². The Hall–Kier alpha value is -1.35. The van der Waals surface area contributed by atoms with E-state index in [1.165, 1.54) is 0 Å². The molecule has 1 unspecified atom stereocenters. The molecule has 0 saturated carbocycles. The second-order valence-corrected chi connectivity index (χ2v) is 4.91. The van der Waals surface area contributed by atoms with E-state index in [0.29, 0.717) is 24.5 Å². The van der Waals surface area contributed by atoms with Crippen LogP contribution in [0.4, 0.5) is 0 Å². The molecule has 3 nitrogen and oxygen atoms in total. The van der Waals surface area contributed by atoms with Crippen LogP contribution in [0.3, 0.4) is 0 Å². The van der Waals surface area contributed by atoms with Gasteiger partial charge in [0.15, 0.2) is 5.78 Å². The van der Waals surface area contributed by atoms with Gasteiger partial charge in [0, 0.05) is 18.0 Å². The lowest BCUT2D eigenvalue weighted by Gasteiger charge is -2.14. The third-order valence-electron chi connectivity index (χ3n) is 2.93. The summed E-state index contributed by atoms with van der Waals surface area (Å²) in [7, 11) is 0. The summed E-state index contributed by atoms with van der Waals surface area (Å²) in [6.07, 6.45) is 1.37. The first-order valence-corrected chi connectivity index (χ1v) is 6.56. The summed E-state index contributed by atoms with van der Waals surface area (Å²) in [4.78, 5) is 12.0. The molecular weight excluding hydrogens is 226 g/mol. The van der Waals surface area contributed by atoms with Crippen molar-refractivity contribution in [3.63, 3.8) is 0 Å². The molecular formula is C15H23NO2. The second-order valence-electron chi connectivity index (χ2n) is 4.91. The van der Waals surface area contributed by atoms with Crippen molar-refractivity contribution in [2.24, 2.45) is 11.7 Å². The number of benzene rings is 1. The van der Waals surface area contributed by atoms with Crippen LogP contribution in [0.2, 0.25) is 0 Å². The van der Waals surface area contributed by atoms with Crippen LogP contribution < -0.4 is 10.5 Å². The highest BCUT2D eigenvalue weighted by Gasteiger charge is 2.14. The van der Waals surface area contributed by atoms with Crippen molar-refractivity contribution in [2.75, 3.05) is 6.61 Å². The number of nitrogens with two attached hydrogens (primary N) is 1. The minimum Gasteiger partial charge on any atom is -0.494 e. The first kappa shape index (κ1) is 14.7. The smallest absolute Gasteiger partial charge is 0.164 e. The van der Waals surface area contributed by atoms with Gasteiger partial charge in [-0.3, -0.25) is 4.79 Å². The summed E-state index contributed by atoms with van der Waals surface area (Å²) < 4.78 is 5.47. The number of hydrogen-bond acceptors (Lipinski definition) is 3. The zero-order valence-electron chi connectivity index (χ0n) is 11.5. The first-order valence-electron chi connectivity index (χ1n) is 6.56. The molecule has 1 aromatic rings. The molecule has 100 valence electrons. The fourth-order valence-electron chi connectivity index (χ4n) is 1.52. The molecule has 1 atom stereocenters. The summed E-state index contributed by atoms with van der Waals surface area (Å²) in [6, 6.07) is 7.21. The lowest BCUT2D eigenvalue weighted by molar-refractivity contribution is 0.0967. The SMILES string of the molecule is CCCOc1ccc(C(=O)CC(N)C(C)C)cc1. The molecule has 0 fully saturated rings. The van der Waals surface area contributed by atoms with Crippen molar-refractivity contribution in [3.8, 4) is 5.75 Å². The molecule has 0 aliphatic rings. The van der Waals surface area contributed by atoms with Crippen LogP contribution in [-0.4, -0.2) is 18.4 Å².